The first-order valence-corrected chi connectivity index (χ1v) is 10.6. The standard InChI is InChI=1S/C22H30N4O4/c1-4-29-20-9-16(5-6-19(20)27)12-25-8-7-17-18(13-25)23-22(24-21(17)28)26-10-14(2)30-15(3)11-26/h5-6,9,14-15,27H,4,7-8,10-13H2,1-3H3,(H,23,24,28). The van der Waals surface area contributed by atoms with Gasteiger partial charge in [-0.2, -0.15) is 0 Å². The van der Waals surface area contributed by atoms with Crippen LogP contribution in [0.25, 0.3) is 0 Å². The maximum Gasteiger partial charge on any atom is 0.255 e. The monoisotopic (exact) mass is 414 g/mol. The lowest BCUT2D eigenvalue weighted by atomic mass is 10.1. The molecule has 0 radical (unpaired) electrons. The van der Waals surface area contributed by atoms with Crippen molar-refractivity contribution in [2.45, 2.75) is 52.5 Å². The van der Waals surface area contributed by atoms with E-state index in [4.69, 9.17) is 14.5 Å². The Morgan fingerprint density at radius 2 is 2.07 bits per heavy atom. The minimum Gasteiger partial charge on any atom is -0.504 e. The van der Waals surface area contributed by atoms with Crippen LogP contribution in [0.5, 0.6) is 11.5 Å². The lowest BCUT2D eigenvalue weighted by molar-refractivity contribution is -0.00576. The molecule has 2 atom stereocenters. The zero-order valence-electron chi connectivity index (χ0n) is 17.9. The van der Waals surface area contributed by atoms with Crippen molar-refractivity contribution in [1.29, 1.82) is 0 Å². The molecule has 2 unspecified atom stereocenters. The Kier molecular flexibility index (Phi) is 5.97. The first kappa shape index (κ1) is 20.7. The average molecular weight is 415 g/mol. The van der Waals surface area contributed by atoms with Crippen molar-refractivity contribution in [3.8, 4) is 11.5 Å². The highest BCUT2D eigenvalue weighted by molar-refractivity contribution is 5.42. The van der Waals surface area contributed by atoms with Gasteiger partial charge < -0.3 is 19.5 Å². The summed E-state index contributed by atoms with van der Waals surface area (Å²) in [6.45, 7) is 10.00. The fraction of sp³-hybridized carbons (Fsp3) is 0.545. The van der Waals surface area contributed by atoms with Gasteiger partial charge in [0.05, 0.1) is 24.5 Å². The number of H-pyrrole nitrogens is 1. The molecular weight excluding hydrogens is 384 g/mol. The summed E-state index contributed by atoms with van der Waals surface area (Å²) in [4.78, 5) is 24.9. The first-order valence-electron chi connectivity index (χ1n) is 10.6. The lowest BCUT2D eigenvalue weighted by Crippen LogP contribution is -2.47. The van der Waals surface area contributed by atoms with Gasteiger partial charge in [-0.05, 0) is 44.9 Å². The Morgan fingerprint density at radius 3 is 2.80 bits per heavy atom. The van der Waals surface area contributed by atoms with Crippen molar-refractivity contribution in [3.63, 3.8) is 0 Å². The Morgan fingerprint density at radius 1 is 1.30 bits per heavy atom. The van der Waals surface area contributed by atoms with Gasteiger partial charge in [0, 0.05) is 38.3 Å². The van der Waals surface area contributed by atoms with Crippen LogP contribution in [0.3, 0.4) is 0 Å². The van der Waals surface area contributed by atoms with Crippen LogP contribution in [0, 0.1) is 0 Å². The Balaban J connectivity index is 1.52. The number of nitrogens with zero attached hydrogens (tertiary/aromatic N) is 3. The molecule has 0 spiro atoms. The number of rotatable bonds is 5. The highest BCUT2D eigenvalue weighted by atomic mass is 16.5. The molecule has 0 saturated carbocycles. The molecule has 3 heterocycles. The number of ether oxygens (including phenoxy) is 2. The van der Waals surface area contributed by atoms with Crippen LogP contribution in [0.1, 0.15) is 37.6 Å². The molecule has 8 heteroatoms. The summed E-state index contributed by atoms with van der Waals surface area (Å²) in [7, 11) is 0. The fourth-order valence-electron chi connectivity index (χ4n) is 4.30. The second-order valence-electron chi connectivity index (χ2n) is 8.17. The molecule has 2 aliphatic rings. The van der Waals surface area contributed by atoms with E-state index in [1.807, 2.05) is 32.9 Å². The Hall–Kier alpha value is -2.58. The molecule has 1 fully saturated rings. The Bertz CT molecular complexity index is 951. The Labute approximate surface area is 176 Å². The maximum absolute atomic E-state index is 12.7. The van der Waals surface area contributed by atoms with E-state index < -0.39 is 0 Å². The SMILES string of the molecule is CCOc1cc(CN2CCc3c(nc(N4CC(C)OC(C)C4)[nH]c3=O)C2)ccc1O. The van der Waals surface area contributed by atoms with Crippen molar-refractivity contribution >= 4 is 5.95 Å². The molecule has 1 saturated heterocycles. The third-order valence-corrected chi connectivity index (χ3v) is 5.59. The summed E-state index contributed by atoms with van der Waals surface area (Å²) < 4.78 is 11.3. The third-order valence-electron chi connectivity index (χ3n) is 5.59. The number of morpholine rings is 1. The normalized spacial score (nSPS) is 22.0. The second-order valence-corrected chi connectivity index (χ2v) is 8.17. The number of aromatic amines is 1. The molecule has 0 aliphatic carbocycles. The van der Waals surface area contributed by atoms with Gasteiger partial charge >= 0.3 is 0 Å². The molecule has 0 amide bonds. The van der Waals surface area contributed by atoms with Crippen LogP contribution in [-0.2, 0) is 24.2 Å². The highest BCUT2D eigenvalue weighted by Gasteiger charge is 2.27. The minimum atomic E-state index is -0.0373. The van der Waals surface area contributed by atoms with Crippen LogP contribution in [-0.4, -0.2) is 58.4 Å². The molecule has 4 rings (SSSR count). The number of hydrogen-bond acceptors (Lipinski definition) is 7. The van der Waals surface area contributed by atoms with Gasteiger partial charge in [0.2, 0.25) is 5.95 Å². The van der Waals surface area contributed by atoms with E-state index in [9.17, 15) is 9.90 Å². The van der Waals surface area contributed by atoms with Gasteiger partial charge in [0.15, 0.2) is 11.5 Å². The molecule has 162 valence electrons. The van der Waals surface area contributed by atoms with Crippen LogP contribution in [0.15, 0.2) is 23.0 Å². The molecular formula is C22H30N4O4. The molecule has 2 aromatic rings. The summed E-state index contributed by atoms with van der Waals surface area (Å²) >= 11 is 0. The molecule has 2 aliphatic heterocycles. The van der Waals surface area contributed by atoms with Gasteiger partial charge in [-0.3, -0.25) is 14.7 Å². The maximum atomic E-state index is 12.7. The summed E-state index contributed by atoms with van der Waals surface area (Å²) in [5, 5.41) is 9.92. The largest absolute Gasteiger partial charge is 0.504 e. The van der Waals surface area contributed by atoms with Crippen molar-refractivity contribution in [3.05, 3.63) is 45.4 Å². The number of phenolic OH excluding ortho intramolecular Hbond substituents is 1. The summed E-state index contributed by atoms with van der Waals surface area (Å²) in [6, 6.07) is 5.45. The van der Waals surface area contributed by atoms with E-state index in [-0.39, 0.29) is 23.5 Å². The zero-order valence-corrected chi connectivity index (χ0v) is 17.9. The smallest absolute Gasteiger partial charge is 0.255 e. The fourth-order valence-corrected chi connectivity index (χ4v) is 4.30. The zero-order chi connectivity index (χ0) is 21.3. The predicted octanol–water partition coefficient (Wildman–Crippen LogP) is 2.05. The number of aromatic hydroxyl groups is 1. The van der Waals surface area contributed by atoms with Gasteiger partial charge in [-0.25, -0.2) is 4.98 Å². The number of anilines is 1. The molecule has 1 aromatic heterocycles. The van der Waals surface area contributed by atoms with Gasteiger partial charge in [0.25, 0.3) is 5.56 Å². The van der Waals surface area contributed by atoms with Crippen molar-refractivity contribution in [2.75, 3.05) is 31.1 Å². The molecule has 8 nitrogen and oxygen atoms in total. The molecule has 0 bridgehead atoms. The average Bonchev–Trinajstić information content (AvgIpc) is 2.70. The van der Waals surface area contributed by atoms with Crippen molar-refractivity contribution in [2.24, 2.45) is 0 Å². The summed E-state index contributed by atoms with van der Waals surface area (Å²) in [5.41, 5.74) is 2.64. The third kappa shape index (κ3) is 4.44. The highest BCUT2D eigenvalue weighted by Crippen LogP contribution is 2.28. The van der Waals surface area contributed by atoms with Crippen molar-refractivity contribution in [1.82, 2.24) is 14.9 Å². The van der Waals surface area contributed by atoms with Crippen LogP contribution in [0.2, 0.25) is 0 Å². The van der Waals surface area contributed by atoms with E-state index >= 15 is 0 Å². The van der Waals surface area contributed by atoms with E-state index in [0.717, 1.165) is 23.4 Å². The topological polar surface area (TPSA) is 90.9 Å². The van der Waals surface area contributed by atoms with E-state index in [1.54, 1.807) is 6.07 Å². The predicted molar refractivity (Wildman–Crippen MR) is 114 cm³/mol. The molecule has 1 aromatic carbocycles. The lowest BCUT2D eigenvalue weighted by Gasteiger charge is -2.36. The van der Waals surface area contributed by atoms with Gasteiger partial charge in [-0.1, -0.05) is 6.07 Å². The quantitative estimate of drug-likeness (QED) is 0.774. The van der Waals surface area contributed by atoms with Crippen LogP contribution >= 0.6 is 0 Å². The number of aromatic nitrogens is 2. The van der Waals surface area contributed by atoms with Crippen LogP contribution < -0.4 is 15.2 Å². The van der Waals surface area contributed by atoms with Crippen LogP contribution in [0.4, 0.5) is 5.95 Å². The second kappa shape index (κ2) is 8.65. The number of benzene rings is 1. The molecule has 2 N–H and O–H groups in total. The van der Waals surface area contributed by atoms with Crippen molar-refractivity contribution < 1.29 is 14.6 Å². The number of phenols is 1. The van der Waals surface area contributed by atoms with E-state index in [0.29, 0.717) is 50.9 Å². The van der Waals surface area contributed by atoms with E-state index in [2.05, 4.69) is 14.8 Å². The van der Waals surface area contributed by atoms with E-state index in [1.165, 1.54) is 0 Å². The van der Waals surface area contributed by atoms with Gasteiger partial charge in [-0.15, -0.1) is 0 Å². The first-order chi connectivity index (χ1) is 14.4. The summed E-state index contributed by atoms with van der Waals surface area (Å²) in [5.74, 6) is 1.28. The number of fused-ring (bicyclic) bond motifs is 1. The minimum absolute atomic E-state index is 0.0373. The molecule has 30 heavy (non-hydrogen) atoms. The summed E-state index contributed by atoms with van der Waals surface area (Å²) in [6.07, 6.45) is 0.866. The number of hydrogen-bond donors (Lipinski definition) is 2. The number of nitrogens with one attached hydrogen (secondary N) is 1. The van der Waals surface area contributed by atoms with Gasteiger partial charge in [0.1, 0.15) is 0 Å².